The molecule has 0 bridgehead atoms. The molecule has 0 unspecified atom stereocenters. The van der Waals surface area contributed by atoms with E-state index in [-0.39, 0.29) is 11.8 Å². The van der Waals surface area contributed by atoms with Crippen LogP contribution in [0.4, 0.5) is 0 Å². The first-order valence-electron chi connectivity index (χ1n) is 6.54. The van der Waals surface area contributed by atoms with E-state index >= 15 is 0 Å². The molecule has 98 valence electrons. The number of nitrogens with zero attached hydrogens (tertiary/aromatic N) is 2. The van der Waals surface area contributed by atoms with Crippen LogP contribution < -0.4 is 5.32 Å². The van der Waals surface area contributed by atoms with E-state index in [0.29, 0.717) is 6.54 Å². The Labute approximate surface area is 112 Å². The normalized spacial score (nSPS) is 14.4. The molecule has 4 nitrogen and oxygen atoms in total. The minimum Gasteiger partial charge on any atom is -0.352 e. The maximum Gasteiger partial charge on any atom is 0.224 e. The van der Waals surface area contributed by atoms with Gasteiger partial charge >= 0.3 is 0 Å². The molecular formula is C15H17N3O. The van der Waals surface area contributed by atoms with E-state index in [4.69, 9.17) is 0 Å². The van der Waals surface area contributed by atoms with Gasteiger partial charge in [-0.25, -0.2) is 0 Å². The second kappa shape index (κ2) is 4.88. The van der Waals surface area contributed by atoms with Gasteiger partial charge in [0.25, 0.3) is 0 Å². The molecular weight excluding hydrogens is 238 g/mol. The Balaban J connectivity index is 1.58. The summed E-state index contributed by atoms with van der Waals surface area (Å²) in [4.78, 5) is 12.2. The van der Waals surface area contributed by atoms with Gasteiger partial charge in [0, 0.05) is 31.3 Å². The van der Waals surface area contributed by atoms with Gasteiger partial charge in [0.15, 0.2) is 0 Å². The molecule has 1 N–H and O–H groups in total. The van der Waals surface area contributed by atoms with Gasteiger partial charge in [0.1, 0.15) is 0 Å². The summed E-state index contributed by atoms with van der Waals surface area (Å²) in [6, 6.07) is 8.30. The average molecular weight is 255 g/mol. The van der Waals surface area contributed by atoms with Crippen LogP contribution in [-0.4, -0.2) is 15.7 Å². The third-order valence-corrected chi connectivity index (χ3v) is 3.65. The van der Waals surface area contributed by atoms with Crippen LogP contribution in [0.1, 0.15) is 16.7 Å². The quantitative estimate of drug-likeness (QED) is 0.902. The molecule has 1 heterocycles. The van der Waals surface area contributed by atoms with Gasteiger partial charge in [-0.1, -0.05) is 24.3 Å². The molecule has 0 atom stereocenters. The highest BCUT2D eigenvalue weighted by atomic mass is 16.1. The Morgan fingerprint density at radius 3 is 2.63 bits per heavy atom. The van der Waals surface area contributed by atoms with Crippen molar-refractivity contribution in [1.29, 1.82) is 0 Å². The lowest BCUT2D eigenvalue weighted by atomic mass is 10.1. The van der Waals surface area contributed by atoms with Crippen LogP contribution in [0.3, 0.4) is 0 Å². The van der Waals surface area contributed by atoms with Crippen LogP contribution in [0.25, 0.3) is 0 Å². The molecule has 3 rings (SSSR count). The van der Waals surface area contributed by atoms with Crippen LogP contribution in [0.2, 0.25) is 0 Å². The summed E-state index contributed by atoms with van der Waals surface area (Å²) in [7, 11) is 1.87. The Morgan fingerprint density at radius 1 is 1.37 bits per heavy atom. The summed E-state index contributed by atoms with van der Waals surface area (Å²) in [5.41, 5.74) is 3.65. The Kier molecular flexibility index (Phi) is 3.07. The molecule has 1 aromatic heterocycles. The monoisotopic (exact) mass is 255 g/mol. The van der Waals surface area contributed by atoms with Crippen molar-refractivity contribution in [2.45, 2.75) is 19.4 Å². The number of hydrogen-bond acceptors (Lipinski definition) is 2. The van der Waals surface area contributed by atoms with Crippen molar-refractivity contribution in [2.24, 2.45) is 13.0 Å². The van der Waals surface area contributed by atoms with Gasteiger partial charge in [-0.2, -0.15) is 5.10 Å². The Morgan fingerprint density at radius 2 is 2.05 bits per heavy atom. The summed E-state index contributed by atoms with van der Waals surface area (Å²) in [6.45, 7) is 0.555. The standard InChI is InChI=1S/C15H17N3O/c1-18-10-11(9-17-18)8-16-15(19)14-6-12-4-2-3-5-13(12)7-14/h2-5,9-10,14H,6-8H2,1H3,(H,16,19). The molecule has 4 heteroatoms. The molecule has 0 aliphatic heterocycles. The first-order chi connectivity index (χ1) is 9.22. The van der Waals surface area contributed by atoms with E-state index in [1.165, 1.54) is 11.1 Å². The molecule has 0 saturated heterocycles. The summed E-state index contributed by atoms with van der Waals surface area (Å²) >= 11 is 0. The van der Waals surface area contributed by atoms with Gasteiger partial charge < -0.3 is 5.32 Å². The lowest BCUT2D eigenvalue weighted by Gasteiger charge is -2.09. The fraction of sp³-hybridized carbons (Fsp3) is 0.333. The maximum atomic E-state index is 12.2. The Hall–Kier alpha value is -2.10. The lowest BCUT2D eigenvalue weighted by Crippen LogP contribution is -2.30. The van der Waals surface area contributed by atoms with Crippen molar-refractivity contribution < 1.29 is 4.79 Å². The predicted octanol–water partition coefficient (Wildman–Crippen LogP) is 1.45. The third-order valence-electron chi connectivity index (χ3n) is 3.65. The van der Waals surface area contributed by atoms with E-state index in [2.05, 4.69) is 22.5 Å². The maximum absolute atomic E-state index is 12.2. The average Bonchev–Trinajstić information content (AvgIpc) is 3.01. The number of rotatable bonds is 3. The highest BCUT2D eigenvalue weighted by Crippen LogP contribution is 2.26. The molecule has 0 radical (unpaired) electrons. The third kappa shape index (κ3) is 2.52. The molecule has 19 heavy (non-hydrogen) atoms. The molecule has 2 aromatic rings. The topological polar surface area (TPSA) is 46.9 Å². The second-order valence-electron chi connectivity index (χ2n) is 5.11. The van der Waals surface area contributed by atoms with E-state index in [1.54, 1.807) is 10.9 Å². The fourth-order valence-electron chi connectivity index (χ4n) is 2.64. The summed E-state index contributed by atoms with van der Waals surface area (Å²) in [5, 5.41) is 7.09. The predicted molar refractivity (Wildman–Crippen MR) is 72.4 cm³/mol. The fourth-order valence-corrected chi connectivity index (χ4v) is 2.64. The second-order valence-corrected chi connectivity index (χ2v) is 5.11. The minimum absolute atomic E-state index is 0.0778. The molecule has 0 spiro atoms. The van der Waals surface area contributed by atoms with Crippen molar-refractivity contribution in [3.8, 4) is 0 Å². The van der Waals surface area contributed by atoms with Crippen LogP contribution in [0.15, 0.2) is 36.7 Å². The first-order valence-corrected chi connectivity index (χ1v) is 6.54. The van der Waals surface area contributed by atoms with Crippen LogP contribution in [0.5, 0.6) is 0 Å². The lowest BCUT2D eigenvalue weighted by molar-refractivity contribution is -0.124. The molecule has 1 amide bonds. The van der Waals surface area contributed by atoms with Gasteiger partial charge in [0.05, 0.1) is 6.20 Å². The van der Waals surface area contributed by atoms with Crippen molar-refractivity contribution in [3.63, 3.8) is 0 Å². The molecule has 1 aromatic carbocycles. The van der Waals surface area contributed by atoms with E-state index in [9.17, 15) is 4.79 Å². The highest BCUT2D eigenvalue weighted by Gasteiger charge is 2.26. The number of hydrogen-bond donors (Lipinski definition) is 1. The molecule has 1 aliphatic rings. The van der Waals surface area contributed by atoms with Crippen molar-refractivity contribution in [2.75, 3.05) is 0 Å². The van der Waals surface area contributed by atoms with Crippen molar-refractivity contribution >= 4 is 5.91 Å². The summed E-state index contributed by atoms with van der Waals surface area (Å²) in [5.74, 6) is 0.217. The zero-order valence-corrected chi connectivity index (χ0v) is 11.0. The number of benzene rings is 1. The van der Waals surface area contributed by atoms with E-state index in [0.717, 1.165) is 18.4 Å². The van der Waals surface area contributed by atoms with Crippen molar-refractivity contribution in [1.82, 2.24) is 15.1 Å². The zero-order chi connectivity index (χ0) is 13.2. The van der Waals surface area contributed by atoms with E-state index in [1.807, 2.05) is 25.4 Å². The number of carbonyl (C=O) groups excluding carboxylic acids is 1. The number of carbonyl (C=O) groups is 1. The molecule has 1 aliphatic carbocycles. The minimum atomic E-state index is 0.0778. The molecule has 0 fully saturated rings. The van der Waals surface area contributed by atoms with Gasteiger partial charge in [0.2, 0.25) is 5.91 Å². The number of amides is 1. The van der Waals surface area contributed by atoms with Crippen LogP contribution >= 0.6 is 0 Å². The highest BCUT2D eigenvalue weighted by molar-refractivity contribution is 5.80. The number of aryl methyl sites for hydroxylation is 1. The van der Waals surface area contributed by atoms with Gasteiger partial charge in [-0.15, -0.1) is 0 Å². The van der Waals surface area contributed by atoms with Crippen LogP contribution in [-0.2, 0) is 31.2 Å². The largest absolute Gasteiger partial charge is 0.352 e. The summed E-state index contributed by atoms with van der Waals surface area (Å²) in [6.07, 6.45) is 5.41. The van der Waals surface area contributed by atoms with Crippen molar-refractivity contribution in [3.05, 3.63) is 53.3 Å². The number of nitrogens with one attached hydrogen (secondary N) is 1. The summed E-state index contributed by atoms with van der Waals surface area (Å²) < 4.78 is 1.74. The van der Waals surface area contributed by atoms with Gasteiger partial charge in [-0.3, -0.25) is 9.48 Å². The SMILES string of the molecule is Cn1cc(CNC(=O)C2Cc3ccccc3C2)cn1. The van der Waals surface area contributed by atoms with Crippen LogP contribution in [0, 0.1) is 5.92 Å². The smallest absolute Gasteiger partial charge is 0.224 e. The number of aromatic nitrogens is 2. The number of fused-ring (bicyclic) bond motifs is 1. The zero-order valence-electron chi connectivity index (χ0n) is 11.0. The Bertz CT molecular complexity index is 578. The molecule has 0 saturated carbocycles. The first kappa shape index (κ1) is 12.0. The van der Waals surface area contributed by atoms with Gasteiger partial charge in [-0.05, 0) is 24.0 Å². The van der Waals surface area contributed by atoms with E-state index < -0.39 is 0 Å².